The highest BCUT2D eigenvalue weighted by molar-refractivity contribution is 5.51. The van der Waals surface area contributed by atoms with Gasteiger partial charge in [0.1, 0.15) is 5.75 Å². The molecule has 0 aliphatic heterocycles. The number of aromatic amines is 1. The van der Waals surface area contributed by atoms with Gasteiger partial charge in [-0.25, -0.2) is 0 Å². The first-order valence-corrected chi connectivity index (χ1v) is 7.00. The van der Waals surface area contributed by atoms with Crippen LogP contribution in [0, 0.1) is 0 Å². The fourth-order valence-corrected chi connectivity index (χ4v) is 2.30. The second kappa shape index (κ2) is 6.18. The number of aromatic nitrogens is 2. The third-order valence-electron chi connectivity index (χ3n) is 3.40. The Bertz CT molecular complexity index is 600. The predicted octanol–water partition coefficient (Wildman–Crippen LogP) is 2.82. The maximum absolute atomic E-state index is 9.35. The highest BCUT2D eigenvalue weighted by Gasteiger charge is 2.19. The van der Waals surface area contributed by atoms with E-state index >= 15 is 0 Å². The van der Waals surface area contributed by atoms with Gasteiger partial charge in [-0.2, -0.15) is 5.10 Å². The van der Waals surface area contributed by atoms with Gasteiger partial charge in [0.15, 0.2) is 0 Å². The average Bonchev–Trinajstić information content (AvgIpc) is 2.93. The van der Waals surface area contributed by atoms with Crippen molar-refractivity contribution < 1.29 is 9.84 Å². The van der Waals surface area contributed by atoms with E-state index in [0.717, 1.165) is 22.5 Å². The average molecular weight is 289 g/mol. The summed E-state index contributed by atoms with van der Waals surface area (Å²) in [6.45, 7) is 7.10. The van der Waals surface area contributed by atoms with Crippen molar-refractivity contribution >= 4 is 5.69 Å². The number of hydrogen-bond acceptors (Lipinski definition) is 4. The molecule has 0 saturated heterocycles. The van der Waals surface area contributed by atoms with Crippen LogP contribution in [0.25, 0.3) is 0 Å². The zero-order chi connectivity index (χ0) is 15.5. The molecule has 21 heavy (non-hydrogen) atoms. The Morgan fingerprint density at radius 2 is 2.05 bits per heavy atom. The Morgan fingerprint density at radius 3 is 2.67 bits per heavy atom. The lowest BCUT2D eigenvalue weighted by molar-refractivity contribution is 0.274. The zero-order valence-electron chi connectivity index (χ0n) is 13.0. The highest BCUT2D eigenvalue weighted by atomic mass is 16.5. The first-order chi connectivity index (χ1) is 9.95. The number of aliphatic hydroxyl groups excluding tert-OH is 1. The molecule has 0 bridgehead atoms. The number of nitrogens with one attached hydrogen (secondary N) is 2. The van der Waals surface area contributed by atoms with Gasteiger partial charge in [0.25, 0.3) is 0 Å². The molecule has 2 rings (SSSR count). The van der Waals surface area contributed by atoms with Crippen molar-refractivity contribution in [2.45, 2.75) is 39.3 Å². The second-order valence-electron chi connectivity index (χ2n) is 6.06. The van der Waals surface area contributed by atoms with Gasteiger partial charge in [0, 0.05) is 34.5 Å². The number of benzene rings is 1. The van der Waals surface area contributed by atoms with Crippen molar-refractivity contribution in [2.75, 3.05) is 12.4 Å². The number of anilines is 1. The van der Waals surface area contributed by atoms with Crippen LogP contribution in [0.15, 0.2) is 24.4 Å². The third kappa shape index (κ3) is 3.55. The summed E-state index contributed by atoms with van der Waals surface area (Å²) >= 11 is 0. The van der Waals surface area contributed by atoms with E-state index in [1.165, 1.54) is 0 Å². The van der Waals surface area contributed by atoms with Crippen molar-refractivity contribution in [2.24, 2.45) is 0 Å². The molecule has 2 aromatic rings. The van der Waals surface area contributed by atoms with Crippen LogP contribution in [-0.4, -0.2) is 22.4 Å². The molecule has 0 aliphatic carbocycles. The SMILES string of the molecule is COc1ccc(NCc2cn[nH]c2C(C)(C)C)cc1CO. The molecule has 0 radical (unpaired) electrons. The minimum atomic E-state index is -0.0440. The summed E-state index contributed by atoms with van der Waals surface area (Å²) in [7, 11) is 1.60. The summed E-state index contributed by atoms with van der Waals surface area (Å²) in [5.41, 5.74) is 4.02. The summed E-state index contributed by atoms with van der Waals surface area (Å²) in [6.07, 6.45) is 1.85. The van der Waals surface area contributed by atoms with E-state index in [1.54, 1.807) is 7.11 Å². The summed E-state index contributed by atoms with van der Waals surface area (Å²) in [6, 6.07) is 5.69. The standard InChI is InChI=1S/C16H23N3O2/c1-16(2,3)15-12(9-18-19-15)8-17-13-5-6-14(21-4)11(7-13)10-20/h5-7,9,17,20H,8,10H2,1-4H3,(H,18,19). The number of hydrogen-bond donors (Lipinski definition) is 3. The second-order valence-corrected chi connectivity index (χ2v) is 6.06. The topological polar surface area (TPSA) is 70.2 Å². The maximum atomic E-state index is 9.35. The fourth-order valence-electron chi connectivity index (χ4n) is 2.30. The molecule has 5 heteroatoms. The molecule has 0 amide bonds. The van der Waals surface area contributed by atoms with Crippen LogP contribution in [-0.2, 0) is 18.6 Å². The molecule has 0 fully saturated rings. The van der Waals surface area contributed by atoms with Crippen LogP contribution < -0.4 is 10.1 Å². The predicted molar refractivity (Wildman–Crippen MR) is 83.5 cm³/mol. The Balaban J connectivity index is 2.12. The molecule has 1 aromatic carbocycles. The first kappa shape index (κ1) is 15.4. The van der Waals surface area contributed by atoms with Crippen molar-refractivity contribution in [1.82, 2.24) is 10.2 Å². The van der Waals surface area contributed by atoms with E-state index in [4.69, 9.17) is 4.74 Å². The van der Waals surface area contributed by atoms with Crippen LogP contribution in [0.2, 0.25) is 0 Å². The van der Waals surface area contributed by atoms with Crippen molar-refractivity contribution in [1.29, 1.82) is 0 Å². The molecule has 0 spiro atoms. The van der Waals surface area contributed by atoms with Gasteiger partial charge in [-0.15, -0.1) is 0 Å². The molecule has 0 aliphatic rings. The lowest BCUT2D eigenvalue weighted by Gasteiger charge is -2.19. The fraction of sp³-hybridized carbons (Fsp3) is 0.438. The van der Waals surface area contributed by atoms with Crippen LogP contribution in [0.3, 0.4) is 0 Å². The quantitative estimate of drug-likeness (QED) is 0.791. The smallest absolute Gasteiger partial charge is 0.124 e. The van der Waals surface area contributed by atoms with E-state index in [2.05, 4.69) is 36.3 Å². The van der Waals surface area contributed by atoms with E-state index in [9.17, 15) is 5.11 Å². The lowest BCUT2D eigenvalue weighted by Crippen LogP contribution is -2.15. The molecular weight excluding hydrogens is 266 g/mol. The summed E-state index contributed by atoms with van der Waals surface area (Å²) in [5, 5.41) is 19.9. The van der Waals surface area contributed by atoms with Crippen LogP contribution in [0.5, 0.6) is 5.75 Å². The monoisotopic (exact) mass is 289 g/mol. The number of nitrogens with zero attached hydrogens (tertiary/aromatic N) is 1. The van der Waals surface area contributed by atoms with Crippen LogP contribution >= 0.6 is 0 Å². The molecule has 3 N–H and O–H groups in total. The van der Waals surface area contributed by atoms with Gasteiger partial charge in [-0.05, 0) is 18.2 Å². The van der Waals surface area contributed by atoms with E-state index in [-0.39, 0.29) is 12.0 Å². The molecule has 0 atom stereocenters. The number of methoxy groups -OCH3 is 1. The minimum Gasteiger partial charge on any atom is -0.496 e. The molecule has 1 heterocycles. The Hall–Kier alpha value is -2.01. The molecule has 0 unspecified atom stereocenters. The Labute approximate surface area is 125 Å². The van der Waals surface area contributed by atoms with Gasteiger partial charge >= 0.3 is 0 Å². The third-order valence-corrected chi connectivity index (χ3v) is 3.40. The van der Waals surface area contributed by atoms with Crippen LogP contribution in [0.1, 0.15) is 37.6 Å². The van der Waals surface area contributed by atoms with E-state index in [0.29, 0.717) is 12.3 Å². The molecule has 114 valence electrons. The first-order valence-electron chi connectivity index (χ1n) is 7.00. The van der Waals surface area contributed by atoms with E-state index < -0.39 is 0 Å². The van der Waals surface area contributed by atoms with Crippen molar-refractivity contribution in [3.05, 3.63) is 41.2 Å². The summed E-state index contributed by atoms with van der Waals surface area (Å²) < 4.78 is 5.20. The summed E-state index contributed by atoms with van der Waals surface area (Å²) in [5.74, 6) is 0.696. The minimum absolute atomic E-state index is 0.0314. The highest BCUT2D eigenvalue weighted by Crippen LogP contribution is 2.26. The maximum Gasteiger partial charge on any atom is 0.124 e. The summed E-state index contributed by atoms with van der Waals surface area (Å²) in [4.78, 5) is 0. The molecule has 5 nitrogen and oxygen atoms in total. The van der Waals surface area contributed by atoms with Gasteiger partial charge in [0.05, 0.1) is 19.9 Å². The van der Waals surface area contributed by atoms with Crippen LogP contribution in [0.4, 0.5) is 5.69 Å². The molecule has 0 saturated carbocycles. The van der Waals surface area contributed by atoms with Gasteiger partial charge in [-0.1, -0.05) is 20.8 Å². The van der Waals surface area contributed by atoms with Gasteiger partial charge < -0.3 is 15.2 Å². The Kier molecular flexibility index (Phi) is 4.53. The molecule has 1 aromatic heterocycles. The number of H-pyrrole nitrogens is 1. The van der Waals surface area contributed by atoms with Gasteiger partial charge in [-0.3, -0.25) is 5.10 Å². The largest absolute Gasteiger partial charge is 0.496 e. The van der Waals surface area contributed by atoms with E-state index in [1.807, 2.05) is 24.4 Å². The molecular formula is C16H23N3O2. The number of rotatable bonds is 5. The zero-order valence-corrected chi connectivity index (χ0v) is 13.0. The van der Waals surface area contributed by atoms with Crippen molar-refractivity contribution in [3.63, 3.8) is 0 Å². The van der Waals surface area contributed by atoms with Gasteiger partial charge in [0.2, 0.25) is 0 Å². The normalized spacial score (nSPS) is 11.5. The Morgan fingerprint density at radius 1 is 1.29 bits per heavy atom. The number of aliphatic hydroxyl groups is 1. The van der Waals surface area contributed by atoms with Crippen molar-refractivity contribution in [3.8, 4) is 5.75 Å². The lowest BCUT2D eigenvalue weighted by atomic mass is 9.89. The number of ether oxygens (including phenoxy) is 1.